The fourth-order valence-electron chi connectivity index (χ4n) is 2.63. The third-order valence-electron chi connectivity index (χ3n) is 4.32. The first-order valence-corrected chi connectivity index (χ1v) is 11.6. The molecule has 0 unspecified atom stereocenters. The standard InChI is InChI=1S/C21H40O4S/c1-3-4-5-6-7-8-9-10-11-12-16-25-21(23)15-19-26-18-14-20(22)13-17-24-2/h3-19H2,1-2H3. The van der Waals surface area contributed by atoms with Crippen LogP contribution in [0.15, 0.2) is 0 Å². The molecule has 26 heavy (non-hydrogen) atoms. The quantitative estimate of drug-likeness (QED) is 0.202. The van der Waals surface area contributed by atoms with Crippen LogP contribution in [0, 0.1) is 0 Å². The normalized spacial score (nSPS) is 10.8. The van der Waals surface area contributed by atoms with Crippen molar-refractivity contribution in [2.24, 2.45) is 0 Å². The Morgan fingerprint density at radius 3 is 1.92 bits per heavy atom. The molecule has 0 aliphatic heterocycles. The number of Topliss-reactive ketones (excluding diaryl/α,β-unsaturated/α-hetero) is 1. The van der Waals surface area contributed by atoms with E-state index in [9.17, 15) is 9.59 Å². The SMILES string of the molecule is CCCCCCCCCCCCOC(=O)CCSCCC(=O)CCOC. The Bertz CT molecular complexity index is 334. The van der Waals surface area contributed by atoms with Gasteiger partial charge in [0.1, 0.15) is 5.78 Å². The van der Waals surface area contributed by atoms with Crippen molar-refractivity contribution in [2.75, 3.05) is 31.8 Å². The van der Waals surface area contributed by atoms with Crippen molar-refractivity contribution < 1.29 is 19.1 Å². The molecule has 0 radical (unpaired) electrons. The lowest BCUT2D eigenvalue weighted by Gasteiger charge is -2.05. The molecule has 0 aromatic carbocycles. The van der Waals surface area contributed by atoms with Crippen LogP contribution in [0.4, 0.5) is 0 Å². The first-order valence-electron chi connectivity index (χ1n) is 10.4. The summed E-state index contributed by atoms with van der Waals surface area (Å²) in [6.07, 6.45) is 14.3. The Balaban J connectivity index is 3.23. The molecule has 0 N–H and O–H groups in total. The summed E-state index contributed by atoms with van der Waals surface area (Å²) >= 11 is 1.64. The molecular formula is C21H40O4S. The molecule has 0 bridgehead atoms. The van der Waals surface area contributed by atoms with Gasteiger partial charge in [0.05, 0.1) is 19.6 Å². The van der Waals surface area contributed by atoms with Crippen LogP contribution in [-0.4, -0.2) is 43.6 Å². The van der Waals surface area contributed by atoms with Gasteiger partial charge in [-0.2, -0.15) is 11.8 Å². The summed E-state index contributed by atoms with van der Waals surface area (Å²) in [4.78, 5) is 23.1. The molecule has 0 fully saturated rings. The number of carbonyl (C=O) groups is 2. The zero-order valence-corrected chi connectivity index (χ0v) is 17.9. The zero-order chi connectivity index (χ0) is 19.3. The Morgan fingerprint density at radius 2 is 1.31 bits per heavy atom. The van der Waals surface area contributed by atoms with E-state index in [4.69, 9.17) is 9.47 Å². The van der Waals surface area contributed by atoms with Crippen LogP contribution in [0.25, 0.3) is 0 Å². The molecular weight excluding hydrogens is 348 g/mol. The van der Waals surface area contributed by atoms with E-state index in [2.05, 4.69) is 6.92 Å². The number of unbranched alkanes of at least 4 members (excludes halogenated alkanes) is 9. The van der Waals surface area contributed by atoms with Crippen molar-refractivity contribution in [3.05, 3.63) is 0 Å². The number of rotatable bonds is 20. The van der Waals surface area contributed by atoms with Crippen molar-refractivity contribution >= 4 is 23.5 Å². The molecule has 154 valence electrons. The van der Waals surface area contributed by atoms with Crippen molar-refractivity contribution in [3.8, 4) is 0 Å². The minimum absolute atomic E-state index is 0.112. The summed E-state index contributed by atoms with van der Waals surface area (Å²) in [5, 5.41) is 0. The molecule has 0 rings (SSSR count). The van der Waals surface area contributed by atoms with Gasteiger partial charge in [0, 0.05) is 31.5 Å². The van der Waals surface area contributed by atoms with Crippen molar-refractivity contribution in [2.45, 2.75) is 90.4 Å². The topological polar surface area (TPSA) is 52.6 Å². The monoisotopic (exact) mass is 388 g/mol. The Labute approximate surface area is 165 Å². The smallest absolute Gasteiger partial charge is 0.306 e. The van der Waals surface area contributed by atoms with E-state index in [0.717, 1.165) is 24.3 Å². The average Bonchev–Trinajstić information content (AvgIpc) is 2.64. The van der Waals surface area contributed by atoms with Gasteiger partial charge in [-0.15, -0.1) is 0 Å². The molecule has 0 aromatic heterocycles. The first-order chi connectivity index (χ1) is 12.7. The van der Waals surface area contributed by atoms with Gasteiger partial charge in [-0.1, -0.05) is 64.7 Å². The molecule has 0 spiro atoms. The van der Waals surface area contributed by atoms with E-state index < -0.39 is 0 Å². The number of esters is 1. The van der Waals surface area contributed by atoms with Crippen molar-refractivity contribution in [1.29, 1.82) is 0 Å². The van der Waals surface area contributed by atoms with Crippen LogP contribution < -0.4 is 0 Å². The summed E-state index contributed by atoms with van der Waals surface area (Å²) in [7, 11) is 1.60. The number of carbonyl (C=O) groups excluding carboxylic acids is 2. The molecule has 0 heterocycles. The summed E-state index contributed by atoms with van der Waals surface area (Å²) in [6, 6.07) is 0. The minimum atomic E-state index is -0.112. The predicted octanol–water partition coefficient (Wildman–Crippen LogP) is 5.57. The molecule has 0 amide bonds. The third-order valence-corrected chi connectivity index (χ3v) is 5.31. The molecule has 0 aromatic rings. The third kappa shape index (κ3) is 19.8. The summed E-state index contributed by atoms with van der Waals surface area (Å²) < 4.78 is 10.1. The second-order valence-electron chi connectivity index (χ2n) is 6.80. The highest BCUT2D eigenvalue weighted by atomic mass is 32.2. The lowest BCUT2D eigenvalue weighted by Crippen LogP contribution is -2.08. The number of thioether (sulfide) groups is 1. The molecule has 0 atom stereocenters. The van der Waals surface area contributed by atoms with E-state index >= 15 is 0 Å². The highest BCUT2D eigenvalue weighted by molar-refractivity contribution is 7.99. The number of hydrogen-bond donors (Lipinski definition) is 0. The maximum atomic E-state index is 11.6. The maximum absolute atomic E-state index is 11.6. The largest absolute Gasteiger partial charge is 0.466 e. The van der Waals surface area contributed by atoms with E-state index in [1.807, 2.05) is 0 Å². The van der Waals surface area contributed by atoms with Gasteiger partial charge < -0.3 is 9.47 Å². The molecule has 0 aliphatic carbocycles. The Hall–Kier alpha value is -0.550. The van der Waals surface area contributed by atoms with E-state index in [1.165, 1.54) is 51.4 Å². The van der Waals surface area contributed by atoms with Gasteiger partial charge in [-0.05, 0) is 6.42 Å². The van der Waals surface area contributed by atoms with Crippen LogP contribution in [0.5, 0.6) is 0 Å². The van der Waals surface area contributed by atoms with Gasteiger partial charge in [0.25, 0.3) is 0 Å². The van der Waals surface area contributed by atoms with Gasteiger partial charge in [-0.25, -0.2) is 0 Å². The average molecular weight is 389 g/mol. The van der Waals surface area contributed by atoms with Crippen LogP contribution in [0.2, 0.25) is 0 Å². The second kappa shape index (κ2) is 20.8. The van der Waals surface area contributed by atoms with Crippen LogP contribution in [0.3, 0.4) is 0 Å². The molecule has 0 saturated heterocycles. The number of ketones is 1. The van der Waals surface area contributed by atoms with Gasteiger partial charge >= 0.3 is 5.97 Å². The van der Waals surface area contributed by atoms with E-state index in [0.29, 0.717) is 32.5 Å². The van der Waals surface area contributed by atoms with E-state index in [-0.39, 0.29) is 11.8 Å². The first kappa shape index (κ1) is 25.4. The fraction of sp³-hybridized carbons (Fsp3) is 0.905. The molecule has 4 nitrogen and oxygen atoms in total. The van der Waals surface area contributed by atoms with Crippen molar-refractivity contribution in [3.63, 3.8) is 0 Å². The zero-order valence-electron chi connectivity index (χ0n) is 17.1. The number of ether oxygens (including phenoxy) is 2. The van der Waals surface area contributed by atoms with Gasteiger partial charge in [0.15, 0.2) is 0 Å². The fourth-order valence-corrected chi connectivity index (χ4v) is 3.52. The lowest BCUT2D eigenvalue weighted by molar-refractivity contribution is -0.143. The van der Waals surface area contributed by atoms with Gasteiger partial charge in [-0.3, -0.25) is 9.59 Å². The van der Waals surface area contributed by atoms with E-state index in [1.54, 1.807) is 18.9 Å². The Morgan fingerprint density at radius 1 is 0.731 bits per heavy atom. The van der Waals surface area contributed by atoms with Crippen LogP contribution >= 0.6 is 11.8 Å². The summed E-state index contributed by atoms with van der Waals surface area (Å²) in [5.41, 5.74) is 0. The predicted molar refractivity (Wildman–Crippen MR) is 111 cm³/mol. The maximum Gasteiger partial charge on any atom is 0.306 e. The lowest BCUT2D eigenvalue weighted by atomic mass is 10.1. The minimum Gasteiger partial charge on any atom is -0.466 e. The molecule has 0 saturated carbocycles. The van der Waals surface area contributed by atoms with Crippen LogP contribution in [-0.2, 0) is 19.1 Å². The van der Waals surface area contributed by atoms with Crippen molar-refractivity contribution in [1.82, 2.24) is 0 Å². The highest BCUT2D eigenvalue weighted by Gasteiger charge is 2.05. The Kier molecular flexibility index (Phi) is 20.3. The second-order valence-corrected chi connectivity index (χ2v) is 8.02. The molecule has 5 heteroatoms. The summed E-state index contributed by atoms with van der Waals surface area (Å²) in [6.45, 7) is 3.30. The highest BCUT2D eigenvalue weighted by Crippen LogP contribution is 2.11. The number of hydrogen-bond acceptors (Lipinski definition) is 5. The molecule has 0 aliphatic rings. The summed E-state index contributed by atoms with van der Waals surface area (Å²) in [5.74, 6) is 1.62. The number of methoxy groups -OCH3 is 1. The van der Waals surface area contributed by atoms with Crippen LogP contribution in [0.1, 0.15) is 90.4 Å². The van der Waals surface area contributed by atoms with Gasteiger partial charge in [0.2, 0.25) is 0 Å².